The van der Waals surface area contributed by atoms with Crippen molar-refractivity contribution in [3.63, 3.8) is 0 Å². The number of carbonyl (C=O) groups is 2. The summed E-state index contributed by atoms with van der Waals surface area (Å²) in [6.07, 6.45) is -0.147. The van der Waals surface area contributed by atoms with E-state index < -0.39 is 0 Å². The van der Waals surface area contributed by atoms with E-state index >= 15 is 0 Å². The van der Waals surface area contributed by atoms with E-state index in [1.54, 1.807) is 11.3 Å². The van der Waals surface area contributed by atoms with E-state index in [1.807, 2.05) is 18.2 Å². The van der Waals surface area contributed by atoms with Crippen LogP contribution in [0.15, 0.2) is 29.0 Å². The number of aryl methyl sites for hydroxylation is 1. The maximum Gasteiger partial charge on any atom is 0.233 e. The lowest BCUT2D eigenvalue weighted by atomic mass is 10.0. The molecule has 0 saturated carbocycles. The summed E-state index contributed by atoms with van der Waals surface area (Å²) < 4.78 is 0. The number of anilines is 2. The molecule has 0 bridgehead atoms. The van der Waals surface area contributed by atoms with Crippen molar-refractivity contribution in [1.82, 2.24) is 0 Å². The summed E-state index contributed by atoms with van der Waals surface area (Å²) in [4.78, 5) is 23.2. The van der Waals surface area contributed by atoms with Gasteiger partial charge in [0.05, 0.1) is 16.2 Å². The minimum atomic E-state index is -0.291. The molecular weight excluding hydrogens is 352 g/mol. The van der Waals surface area contributed by atoms with Crippen LogP contribution in [0.1, 0.15) is 27.9 Å². The monoisotopic (exact) mass is 364 g/mol. The van der Waals surface area contributed by atoms with Crippen LogP contribution in [0, 0.1) is 6.92 Å². The van der Waals surface area contributed by atoms with Gasteiger partial charge in [-0.15, -0.1) is 0 Å². The largest absolute Gasteiger partial charge is 0.324 e. The Bertz CT molecular complexity index is 726. The van der Waals surface area contributed by atoms with Gasteiger partial charge in [0, 0.05) is 0 Å². The van der Waals surface area contributed by atoms with Crippen LogP contribution in [-0.4, -0.2) is 11.8 Å². The Morgan fingerprint density at radius 1 is 1.14 bits per heavy atom. The molecule has 1 aromatic heterocycles. The molecule has 0 spiro atoms. The zero-order chi connectivity index (χ0) is 15.0. The van der Waals surface area contributed by atoms with Gasteiger partial charge < -0.3 is 10.6 Å². The molecular formula is C15H13BrN2O2S. The van der Waals surface area contributed by atoms with Crippen LogP contribution < -0.4 is 10.6 Å². The summed E-state index contributed by atoms with van der Waals surface area (Å²) in [6, 6.07) is 5.67. The van der Waals surface area contributed by atoms with Crippen molar-refractivity contribution in [3.8, 4) is 0 Å². The van der Waals surface area contributed by atoms with Gasteiger partial charge in [-0.05, 0) is 46.5 Å². The van der Waals surface area contributed by atoms with Gasteiger partial charge in [-0.3, -0.25) is 9.59 Å². The molecule has 2 heterocycles. The first kappa shape index (κ1) is 14.3. The van der Waals surface area contributed by atoms with Crippen LogP contribution in [0.25, 0.3) is 0 Å². The molecule has 21 heavy (non-hydrogen) atoms. The van der Waals surface area contributed by atoms with Gasteiger partial charge in [0.15, 0.2) is 0 Å². The first-order valence-corrected chi connectivity index (χ1v) is 8.31. The van der Waals surface area contributed by atoms with Gasteiger partial charge in [0.2, 0.25) is 11.8 Å². The van der Waals surface area contributed by atoms with E-state index in [0.717, 1.165) is 5.56 Å². The number of nitrogens with one attached hydrogen (secondary N) is 2. The highest BCUT2D eigenvalue weighted by Crippen LogP contribution is 2.37. The average Bonchev–Trinajstić information content (AvgIpc) is 2.79. The second kappa shape index (κ2) is 5.61. The van der Waals surface area contributed by atoms with Crippen molar-refractivity contribution in [3.05, 3.63) is 45.6 Å². The maximum atomic E-state index is 11.6. The predicted octanol–water partition coefficient (Wildman–Crippen LogP) is 3.82. The van der Waals surface area contributed by atoms with E-state index in [-0.39, 0.29) is 23.1 Å². The van der Waals surface area contributed by atoms with Crippen molar-refractivity contribution >= 4 is 50.5 Å². The Morgan fingerprint density at radius 2 is 1.86 bits per heavy atom. The second-order valence-corrected chi connectivity index (χ2v) is 6.61. The average molecular weight is 365 g/mol. The first-order valence-electron chi connectivity index (χ1n) is 6.45. The van der Waals surface area contributed by atoms with Crippen LogP contribution >= 0.6 is 27.3 Å². The number of halogens is 1. The summed E-state index contributed by atoms with van der Waals surface area (Å²) in [5.41, 5.74) is 4.75. The Hall–Kier alpha value is -1.66. The molecule has 0 saturated heterocycles. The number of alkyl halides is 1. The molecule has 1 atom stereocenters. The summed E-state index contributed by atoms with van der Waals surface area (Å²) in [6.45, 7) is 2.07. The number of amides is 2. The number of carbonyl (C=O) groups excluding carboxylic acids is 2. The third-order valence-corrected chi connectivity index (χ3v) is 5.28. The normalized spacial score (nSPS) is 15.7. The van der Waals surface area contributed by atoms with Crippen LogP contribution in [-0.2, 0) is 9.59 Å². The Morgan fingerprint density at radius 3 is 2.52 bits per heavy atom. The van der Waals surface area contributed by atoms with Crippen molar-refractivity contribution in [2.24, 2.45) is 0 Å². The number of hydrogen-bond donors (Lipinski definition) is 2. The number of benzene rings is 1. The SMILES string of the molecule is Cc1cscc1C(Br)c1ccc2c(c1)NC(=O)CC(=O)N2. The molecule has 0 aliphatic carbocycles. The van der Waals surface area contributed by atoms with Crippen LogP contribution in [0.4, 0.5) is 11.4 Å². The van der Waals surface area contributed by atoms with E-state index in [9.17, 15) is 9.59 Å². The van der Waals surface area contributed by atoms with Gasteiger partial charge in [-0.25, -0.2) is 0 Å². The number of thiophene rings is 1. The lowest BCUT2D eigenvalue weighted by Gasteiger charge is -2.14. The van der Waals surface area contributed by atoms with Crippen molar-refractivity contribution in [2.75, 3.05) is 10.6 Å². The lowest BCUT2D eigenvalue weighted by Crippen LogP contribution is -2.16. The van der Waals surface area contributed by atoms with Crippen LogP contribution in [0.2, 0.25) is 0 Å². The van der Waals surface area contributed by atoms with Crippen molar-refractivity contribution in [1.29, 1.82) is 0 Å². The summed E-state index contributed by atoms with van der Waals surface area (Å²) in [7, 11) is 0. The number of fused-ring (bicyclic) bond motifs is 1. The van der Waals surface area contributed by atoms with Gasteiger partial charge in [0.1, 0.15) is 6.42 Å². The molecule has 108 valence electrons. The second-order valence-electron chi connectivity index (χ2n) is 4.95. The van der Waals surface area contributed by atoms with Gasteiger partial charge in [-0.2, -0.15) is 11.3 Å². The Labute approximate surface area is 134 Å². The fourth-order valence-corrected chi connectivity index (χ4v) is 4.11. The topological polar surface area (TPSA) is 58.2 Å². The minimum absolute atomic E-state index is 0.0601. The molecule has 1 aromatic carbocycles. The first-order chi connectivity index (χ1) is 10.0. The van der Waals surface area contributed by atoms with E-state index in [0.29, 0.717) is 11.4 Å². The Kier molecular flexibility index (Phi) is 3.82. The van der Waals surface area contributed by atoms with Gasteiger partial charge in [0.25, 0.3) is 0 Å². The van der Waals surface area contributed by atoms with E-state index in [1.165, 1.54) is 11.1 Å². The third-order valence-electron chi connectivity index (χ3n) is 3.37. The maximum absolute atomic E-state index is 11.6. The molecule has 6 heteroatoms. The number of rotatable bonds is 2. The number of hydrogen-bond acceptors (Lipinski definition) is 3. The molecule has 1 aliphatic rings. The molecule has 1 aliphatic heterocycles. The predicted molar refractivity (Wildman–Crippen MR) is 88.1 cm³/mol. The van der Waals surface area contributed by atoms with Crippen molar-refractivity contribution < 1.29 is 9.59 Å². The fraction of sp³-hybridized carbons (Fsp3) is 0.200. The molecule has 4 nitrogen and oxygen atoms in total. The minimum Gasteiger partial charge on any atom is -0.324 e. The standard InChI is InChI=1S/C15H13BrN2O2S/c1-8-6-21-7-10(8)15(16)9-2-3-11-12(4-9)18-14(20)5-13(19)17-11/h2-4,6-7,15H,5H2,1H3,(H,17,19)(H,18,20). The van der Waals surface area contributed by atoms with E-state index in [4.69, 9.17) is 0 Å². The highest BCUT2D eigenvalue weighted by Gasteiger charge is 2.20. The fourth-order valence-electron chi connectivity index (χ4n) is 2.28. The Balaban J connectivity index is 1.98. The highest BCUT2D eigenvalue weighted by atomic mass is 79.9. The molecule has 1 unspecified atom stereocenters. The molecule has 0 radical (unpaired) electrons. The van der Waals surface area contributed by atoms with Gasteiger partial charge >= 0.3 is 0 Å². The van der Waals surface area contributed by atoms with Crippen LogP contribution in [0.3, 0.4) is 0 Å². The summed E-state index contributed by atoms with van der Waals surface area (Å²) in [5, 5.41) is 9.72. The smallest absolute Gasteiger partial charge is 0.233 e. The summed E-state index contributed by atoms with van der Waals surface area (Å²) >= 11 is 5.37. The van der Waals surface area contributed by atoms with E-state index in [2.05, 4.69) is 44.2 Å². The van der Waals surface area contributed by atoms with Crippen molar-refractivity contribution in [2.45, 2.75) is 18.2 Å². The highest BCUT2D eigenvalue weighted by molar-refractivity contribution is 9.09. The van der Waals surface area contributed by atoms with Gasteiger partial charge in [-0.1, -0.05) is 22.0 Å². The summed E-state index contributed by atoms with van der Waals surface area (Å²) in [5.74, 6) is -0.579. The molecule has 2 N–H and O–H groups in total. The zero-order valence-electron chi connectivity index (χ0n) is 11.3. The molecule has 2 aromatic rings. The molecule has 3 rings (SSSR count). The lowest BCUT2D eigenvalue weighted by molar-refractivity contribution is -0.123. The molecule has 0 fully saturated rings. The quantitative estimate of drug-likeness (QED) is 0.628. The van der Waals surface area contributed by atoms with Crippen LogP contribution in [0.5, 0.6) is 0 Å². The molecule has 2 amide bonds. The zero-order valence-corrected chi connectivity index (χ0v) is 13.7. The third kappa shape index (κ3) is 2.87.